The van der Waals surface area contributed by atoms with Crippen molar-refractivity contribution in [3.05, 3.63) is 14.2 Å². The van der Waals surface area contributed by atoms with Gasteiger partial charge in [-0.15, -0.1) is 0 Å². The van der Waals surface area contributed by atoms with Gasteiger partial charge in [0.05, 0.1) is 39.6 Å². The lowest BCUT2D eigenvalue weighted by Gasteiger charge is -2.29. The quantitative estimate of drug-likeness (QED) is 0.383. The number of rotatable bonds is 13. The van der Waals surface area contributed by atoms with E-state index in [4.69, 9.17) is 18.9 Å². The van der Waals surface area contributed by atoms with E-state index in [-0.39, 0.29) is 13.2 Å². The van der Waals surface area contributed by atoms with E-state index in [0.29, 0.717) is 39.6 Å². The third-order valence-electron chi connectivity index (χ3n) is 2.94. The van der Waals surface area contributed by atoms with Crippen LogP contribution in [0.2, 0.25) is 0 Å². The van der Waals surface area contributed by atoms with Crippen LogP contribution in [-0.4, -0.2) is 63.1 Å². The lowest BCUT2D eigenvalue weighted by molar-refractivity contribution is -0.0581. The molecule has 6 heteroatoms. The van der Waals surface area contributed by atoms with Crippen LogP contribution in [0.5, 0.6) is 0 Å². The second-order valence-corrected chi connectivity index (χ2v) is 5.74. The highest BCUT2D eigenvalue weighted by Crippen LogP contribution is 2.17. The molecule has 0 radical (unpaired) electrons. The molecule has 0 fully saturated rings. The molecule has 2 unspecified atom stereocenters. The average Bonchev–Trinajstić information content (AvgIpc) is 2.43. The lowest BCUT2D eigenvalue weighted by atomic mass is 9.94. The van der Waals surface area contributed by atoms with Gasteiger partial charge in [0.1, 0.15) is 0 Å². The maximum Gasteiger partial charge on any atom is 0.0700 e. The lowest BCUT2D eigenvalue weighted by Crippen LogP contribution is -2.34. The predicted molar refractivity (Wildman–Crippen MR) is 74.6 cm³/mol. The van der Waals surface area contributed by atoms with Gasteiger partial charge in [0.25, 0.3) is 0 Å². The van der Waals surface area contributed by atoms with Gasteiger partial charge in [-0.1, -0.05) is 13.8 Å². The largest absolute Gasteiger partial charge is 0.554 e. The molecule has 2 N–H and O–H groups in total. The summed E-state index contributed by atoms with van der Waals surface area (Å²) in [5.41, 5.74) is -0.911. The maximum absolute atomic E-state index is 9.25. The number of hydrogen-bond acceptors (Lipinski definition) is 6. The zero-order valence-corrected chi connectivity index (χ0v) is 12.6. The maximum atomic E-state index is 9.25. The summed E-state index contributed by atoms with van der Waals surface area (Å²) in [5, 5.41) is 18.5. The molecule has 6 nitrogen and oxygen atoms in total. The van der Waals surface area contributed by atoms with Crippen LogP contribution in [0.1, 0.15) is 13.8 Å². The molecule has 0 amide bonds. The second kappa shape index (κ2) is 10.5. The fourth-order valence-corrected chi connectivity index (χ4v) is 1.51. The zero-order valence-electron chi connectivity index (χ0n) is 12.6. The van der Waals surface area contributed by atoms with Crippen LogP contribution in [0.4, 0.5) is 0 Å². The van der Waals surface area contributed by atoms with E-state index in [1.54, 1.807) is 0 Å². The summed E-state index contributed by atoms with van der Waals surface area (Å²) in [6, 6.07) is 0. The summed E-state index contributed by atoms with van der Waals surface area (Å²) in [6.07, 6.45) is 0. The molecule has 0 aromatic heterocycles. The van der Waals surface area contributed by atoms with Gasteiger partial charge in [-0.2, -0.15) is 0 Å². The highest BCUT2D eigenvalue weighted by atomic mass is 16.5. The van der Waals surface area contributed by atoms with E-state index in [9.17, 15) is 10.2 Å². The van der Waals surface area contributed by atoms with E-state index in [1.165, 1.54) is 0 Å². The van der Waals surface area contributed by atoms with Gasteiger partial charge in [-0.05, 0) is 0 Å². The van der Waals surface area contributed by atoms with Gasteiger partial charge in [0.15, 0.2) is 0 Å². The van der Waals surface area contributed by atoms with Gasteiger partial charge in [0, 0.05) is 24.0 Å². The van der Waals surface area contributed by atoms with Crippen LogP contribution in [-0.2, 0) is 18.9 Å². The summed E-state index contributed by atoms with van der Waals surface area (Å²) in [4.78, 5) is 0. The number of ether oxygens (including phenoxy) is 4. The van der Waals surface area contributed by atoms with Crippen molar-refractivity contribution in [1.82, 2.24) is 0 Å². The van der Waals surface area contributed by atoms with Crippen LogP contribution in [0.15, 0.2) is 0 Å². The monoisotopic (exact) mass is 292 g/mol. The first kappa shape index (κ1) is 19.8. The molecule has 0 bridgehead atoms. The van der Waals surface area contributed by atoms with Crippen molar-refractivity contribution in [2.45, 2.75) is 13.8 Å². The minimum Gasteiger partial charge on any atom is -0.554 e. The third kappa shape index (κ3) is 8.14. The molecule has 0 aromatic rings. The van der Waals surface area contributed by atoms with Crippen molar-refractivity contribution in [2.75, 3.05) is 52.9 Å². The summed E-state index contributed by atoms with van der Waals surface area (Å²) in [6.45, 7) is 5.82. The smallest absolute Gasteiger partial charge is 0.0700 e. The van der Waals surface area contributed by atoms with Crippen molar-refractivity contribution in [3.8, 4) is 0 Å². The zero-order chi connectivity index (χ0) is 15.5. The Labute approximate surface area is 122 Å². The Kier molecular flexibility index (Phi) is 10.4. The molecule has 0 spiro atoms. The molecule has 0 saturated carbocycles. The van der Waals surface area contributed by atoms with Crippen LogP contribution >= 0.6 is 0 Å². The fraction of sp³-hybridized carbons (Fsp3) is 0.857. The number of hydrogen-bond donors (Lipinski definition) is 2. The Morgan fingerprint density at radius 3 is 1.35 bits per heavy atom. The molecule has 0 rings (SSSR count). The topological polar surface area (TPSA) is 77.4 Å². The van der Waals surface area contributed by atoms with Gasteiger partial charge < -0.3 is 29.2 Å². The van der Waals surface area contributed by atoms with E-state index >= 15 is 0 Å². The Morgan fingerprint density at radius 2 is 1.10 bits per heavy atom. The highest BCUT2D eigenvalue weighted by Gasteiger charge is 2.24. The molecule has 20 heavy (non-hydrogen) atoms. The van der Waals surface area contributed by atoms with Crippen LogP contribution < -0.4 is 0 Å². The molecule has 122 valence electrons. The molecule has 0 aromatic carbocycles. The SMILES string of the molecule is [CH2-]OCC(C)(CO)COCCOCC(C)(CO)CO[CH2-]. The summed E-state index contributed by atoms with van der Waals surface area (Å²) < 4.78 is 20.5. The van der Waals surface area contributed by atoms with Gasteiger partial charge in [-0.25, -0.2) is 14.2 Å². The number of aliphatic hydroxyl groups excluding tert-OH is 2. The van der Waals surface area contributed by atoms with E-state index in [1.807, 2.05) is 13.8 Å². The van der Waals surface area contributed by atoms with Crippen molar-refractivity contribution in [3.63, 3.8) is 0 Å². The first-order chi connectivity index (χ1) is 9.45. The third-order valence-corrected chi connectivity index (χ3v) is 2.94. The van der Waals surface area contributed by atoms with Crippen molar-refractivity contribution >= 4 is 0 Å². The Hall–Kier alpha value is -0.240. The van der Waals surface area contributed by atoms with E-state index < -0.39 is 10.8 Å². The Balaban J connectivity index is 3.76. The van der Waals surface area contributed by atoms with Crippen molar-refractivity contribution in [2.24, 2.45) is 10.8 Å². The normalized spacial score (nSPS) is 17.7. The van der Waals surface area contributed by atoms with E-state index in [2.05, 4.69) is 14.2 Å². The molecular formula is C14H28O6-2. The predicted octanol–water partition coefficient (Wildman–Crippen LogP) is 0.633. The molecule has 0 heterocycles. The molecular weight excluding hydrogens is 264 g/mol. The summed E-state index contributed by atoms with van der Waals surface area (Å²) in [7, 11) is 6.60. The molecule has 0 aliphatic heterocycles. The average molecular weight is 292 g/mol. The van der Waals surface area contributed by atoms with E-state index in [0.717, 1.165) is 0 Å². The van der Waals surface area contributed by atoms with Gasteiger partial charge in [0.2, 0.25) is 0 Å². The molecule has 0 aliphatic carbocycles. The standard InChI is InChI=1S/C14H28O6/c1-13(7-15,9-17-3)11-19-5-6-20-12-14(2,8-16)10-18-4/h15-16H,3-12H2,1-2H3/q-2. The minimum absolute atomic E-state index is 0.0349. The Morgan fingerprint density at radius 1 is 0.750 bits per heavy atom. The second-order valence-electron chi connectivity index (χ2n) is 5.74. The fourth-order valence-electron chi connectivity index (χ4n) is 1.51. The number of aliphatic hydroxyl groups is 2. The van der Waals surface area contributed by atoms with Crippen LogP contribution in [0, 0.1) is 25.0 Å². The van der Waals surface area contributed by atoms with Crippen molar-refractivity contribution < 1.29 is 29.2 Å². The summed E-state index contributed by atoms with van der Waals surface area (Å²) >= 11 is 0. The highest BCUT2D eigenvalue weighted by molar-refractivity contribution is 4.73. The van der Waals surface area contributed by atoms with Crippen LogP contribution in [0.25, 0.3) is 0 Å². The molecule has 2 atom stereocenters. The van der Waals surface area contributed by atoms with Gasteiger partial charge in [-0.3, -0.25) is 0 Å². The first-order valence-corrected chi connectivity index (χ1v) is 6.56. The summed E-state index contributed by atoms with van der Waals surface area (Å²) in [5.74, 6) is 0. The van der Waals surface area contributed by atoms with Crippen molar-refractivity contribution in [1.29, 1.82) is 0 Å². The Bertz CT molecular complexity index is 214. The molecule has 0 saturated heterocycles. The van der Waals surface area contributed by atoms with Gasteiger partial charge >= 0.3 is 0 Å². The van der Waals surface area contributed by atoms with Crippen LogP contribution in [0.3, 0.4) is 0 Å². The molecule has 0 aliphatic rings. The first-order valence-electron chi connectivity index (χ1n) is 6.56. The minimum atomic E-state index is -0.455.